The van der Waals surface area contributed by atoms with Crippen molar-refractivity contribution in [2.45, 2.75) is 0 Å². The van der Waals surface area contributed by atoms with Gasteiger partial charge in [0.15, 0.2) is 0 Å². The summed E-state index contributed by atoms with van der Waals surface area (Å²) >= 11 is 3.46. The van der Waals surface area contributed by atoms with Gasteiger partial charge >= 0.3 is 5.69 Å². The lowest BCUT2D eigenvalue weighted by molar-refractivity contribution is 1.01. The smallest absolute Gasteiger partial charge is 0.305 e. The Hall–Kier alpha value is -1.88. The molecule has 0 bridgehead atoms. The largest absolute Gasteiger partial charge is 0.331 e. The number of imidazole rings is 1. The van der Waals surface area contributed by atoms with Crippen LogP contribution in [-0.2, 0) is 0 Å². The van der Waals surface area contributed by atoms with Crippen LogP contribution in [0.2, 0.25) is 0 Å². The molecule has 0 atom stereocenters. The van der Waals surface area contributed by atoms with Crippen LogP contribution in [0.1, 0.15) is 0 Å². The van der Waals surface area contributed by atoms with Crippen molar-refractivity contribution in [1.82, 2.24) is 14.5 Å². The number of pyridine rings is 1. The molecule has 0 aliphatic carbocycles. The van der Waals surface area contributed by atoms with Crippen molar-refractivity contribution in [3.05, 3.63) is 57.7 Å². The van der Waals surface area contributed by atoms with Crippen molar-refractivity contribution >= 4 is 27.0 Å². The number of para-hydroxylation sites is 1. The number of nitrogens with one attached hydrogen (secondary N) is 1. The monoisotopic (exact) mass is 289 g/mol. The second kappa shape index (κ2) is 3.85. The van der Waals surface area contributed by atoms with E-state index in [2.05, 4.69) is 25.9 Å². The fraction of sp³-hybridized carbons (Fsp3) is 0. The number of rotatable bonds is 1. The number of halogens is 1. The number of aromatic amines is 1. The predicted octanol–water partition coefficient (Wildman–Crippen LogP) is 2.48. The summed E-state index contributed by atoms with van der Waals surface area (Å²) in [6.45, 7) is 0. The highest BCUT2D eigenvalue weighted by atomic mass is 79.9. The highest BCUT2D eigenvalue weighted by molar-refractivity contribution is 9.10. The van der Waals surface area contributed by atoms with Crippen molar-refractivity contribution in [3.63, 3.8) is 0 Å². The second-order valence-corrected chi connectivity index (χ2v) is 4.46. The van der Waals surface area contributed by atoms with E-state index in [0.717, 1.165) is 21.2 Å². The highest BCUT2D eigenvalue weighted by Crippen LogP contribution is 2.23. The first-order valence-corrected chi connectivity index (χ1v) is 5.86. The fourth-order valence-corrected chi connectivity index (χ4v) is 2.40. The summed E-state index contributed by atoms with van der Waals surface area (Å²) in [5.41, 5.74) is 2.28. The first kappa shape index (κ1) is 10.3. The quantitative estimate of drug-likeness (QED) is 0.748. The summed E-state index contributed by atoms with van der Waals surface area (Å²) in [6, 6.07) is 9.27. The lowest BCUT2D eigenvalue weighted by Crippen LogP contribution is -2.14. The maximum Gasteiger partial charge on any atom is 0.331 e. The van der Waals surface area contributed by atoms with Gasteiger partial charge in [0.05, 0.1) is 16.7 Å². The molecule has 0 aliphatic rings. The van der Waals surface area contributed by atoms with Gasteiger partial charge in [-0.15, -0.1) is 0 Å². The molecule has 0 spiro atoms. The third-order valence-electron chi connectivity index (χ3n) is 2.58. The van der Waals surface area contributed by atoms with Crippen LogP contribution < -0.4 is 5.69 Å². The Kier molecular flexibility index (Phi) is 2.33. The summed E-state index contributed by atoms with van der Waals surface area (Å²) in [7, 11) is 0. The van der Waals surface area contributed by atoms with Gasteiger partial charge in [-0.25, -0.2) is 4.79 Å². The zero-order chi connectivity index (χ0) is 11.8. The third kappa shape index (κ3) is 1.59. The fourth-order valence-electron chi connectivity index (χ4n) is 1.86. The van der Waals surface area contributed by atoms with Gasteiger partial charge < -0.3 is 4.98 Å². The van der Waals surface area contributed by atoms with Crippen molar-refractivity contribution < 1.29 is 0 Å². The average molecular weight is 290 g/mol. The van der Waals surface area contributed by atoms with Crippen molar-refractivity contribution in [2.24, 2.45) is 0 Å². The van der Waals surface area contributed by atoms with E-state index in [1.54, 1.807) is 29.1 Å². The maximum atomic E-state index is 12.0. The number of hydrogen-bond acceptors (Lipinski definition) is 2. The highest BCUT2D eigenvalue weighted by Gasteiger charge is 2.10. The van der Waals surface area contributed by atoms with E-state index < -0.39 is 0 Å². The minimum absolute atomic E-state index is 0.155. The molecule has 1 N–H and O–H groups in total. The van der Waals surface area contributed by atoms with E-state index in [1.165, 1.54) is 0 Å². The van der Waals surface area contributed by atoms with Crippen molar-refractivity contribution in [1.29, 1.82) is 0 Å². The molecule has 17 heavy (non-hydrogen) atoms. The molecular formula is C12H8BrN3O. The normalized spacial score (nSPS) is 10.9. The first-order valence-electron chi connectivity index (χ1n) is 5.07. The Bertz CT molecular complexity index is 730. The molecule has 2 aromatic heterocycles. The molecule has 4 nitrogen and oxygen atoms in total. The van der Waals surface area contributed by atoms with E-state index in [0.29, 0.717) is 0 Å². The van der Waals surface area contributed by atoms with Gasteiger partial charge in [0.25, 0.3) is 0 Å². The van der Waals surface area contributed by atoms with E-state index in [9.17, 15) is 4.79 Å². The molecule has 0 unspecified atom stereocenters. The summed E-state index contributed by atoms with van der Waals surface area (Å²) in [5.74, 6) is 0. The molecule has 5 heteroatoms. The number of aromatic nitrogens is 3. The summed E-state index contributed by atoms with van der Waals surface area (Å²) in [4.78, 5) is 18.7. The van der Waals surface area contributed by atoms with Gasteiger partial charge in [-0.3, -0.25) is 9.55 Å². The van der Waals surface area contributed by atoms with Crippen LogP contribution in [0.4, 0.5) is 0 Å². The second-order valence-electron chi connectivity index (χ2n) is 3.61. The molecule has 0 amide bonds. The van der Waals surface area contributed by atoms with Crippen molar-refractivity contribution in [2.75, 3.05) is 0 Å². The Morgan fingerprint density at radius 2 is 1.94 bits per heavy atom. The van der Waals surface area contributed by atoms with Gasteiger partial charge in [-0.2, -0.15) is 0 Å². The molecule has 1 aromatic carbocycles. The molecule has 3 aromatic rings. The molecule has 2 heterocycles. The van der Waals surface area contributed by atoms with E-state index in [-0.39, 0.29) is 5.69 Å². The average Bonchev–Trinajstić information content (AvgIpc) is 2.68. The summed E-state index contributed by atoms with van der Waals surface area (Å²) in [6.07, 6.45) is 3.33. The first-order chi connectivity index (χ1) is 8.27. The Balaban J connectivity index is 2.45. The summed E-state index contributed by atoms with van der Waals surface area (Å²) < 4.78 is 2.51. The molecule has 0 saturated heterocycles. The Morgan fingerprint density at radius 3 is 2.71 bits per heavy atom. The van der Waals surface area contributed by atoms with Gasteiger partial charge in [-0.1, -0.05) is 6.07 Å². The molecule has 0 aliphatic heterocycles. The standard InChI is InChI=1S/C12H8BrN3O/c13-9-2-1-3-10-11(9)16(12(17)15-10)8-4-6-14-7-5-8/h1-7H,(H,15,17). The molecule has 0 saturated carbocycles. The van der Waals surface area contributed by atoms with Gasteiger partial charge in [0, 0.05) is 16.9 Å². The van der Waals surface area contributed by atoms with E-state index in [4.69, 9.17) is 0 Å². The van der Waals surface area contributed by atoms with Crippen LogP contribution >= 0.6 is 15.9 Å². The Labute approximate surface area is 105 Å². The van der Waals surface area contributed by atoms with E-state index in [1.807, 2.05) is 18.2 Å². The minimum atomic E-state index is -0.155. The van der Waals surface area contributed by atoms with Gasteiger partial charge in [0.1, 0.15) is 0 Å². The number of benzene rings is 1. The number of nitrogens with zero attached hydrogens (tertiary/aromatic N) is 2. The predicted molar refractivity (Wildman–Crippen MR) is 69.4 cm³/mol. The van der Waals surface area contributed by atoms with Crippen molar-refractivity contribution in [3.8, 4) is 5.69 Å². The molecule has 84 valence electrons. The third-order valence-corrected chi connectivity index (χ3v) is 3.22. The zero-order valence-corrected chi connectivity index (χ0v) is 10.3. The SMILES string of the molecule is O=c1[nH]c2cccc(Br)c2n1-c1ccncc1. The maximum absolute atomic E-state index is 12.0. The lowest BCUT2D eigenvalue weighted by atomic mass is 10.3. The Morgan fingerprint density at radius 1 is 1.18 bits per heavy atom. The van der Waals surface area contributed by atoms with Gasteiger partial charge in [0.2, 0.25) is 0 Å². The molecule has 0 fully saturated rings. The molecular weight excluding hydrogens is 282 g/mol. The van der Waals surface area contributed by atoms with Gasteiger partial charge in [-0.05, 0) is 40.2 Å². The lowest BCUT2D eigenvalue weighted by Gasteiger charge is -2.03. The zero-order valence-electron chi connectivity index (χ0n) is 8.72. The molecule has 3 rings (SSSR count). The van der Waals surface area contributed by atoms with E-state index >= 15 is 0 Å². The molecule has 0 radical (unpaired) electrons. The topological polar surface area (TPSA) is 50.7 Å². The minimum Gasteiger partial charge on any atom is -0.305 e. The van der Waals surface area contributed by atoms with Crippen LogP contribution in [0.25, 0.3) is 16.7 Å². The van der Waals surface area contributed by atoms with Crippen LogP contribution in [0.5, 0.6) is 0 Å². The summed E-state index contributed by atoms with van der Waals surface area (Å²) in [5, 5.41) is 0. The van der Waals surface area contributed by atoms with Crippen LogP contribution in [0.3, 0.4) is 0 Å². The number of hydrogen-bond donors (Lipinski definition) is 1. The van der Waals surface area contributed by atoms with Crippen LogP contribution in [0.15, 0.2) is 52.0 Å². The van der Waals surface area contributed by atoms with Crippen LogP contribution in [0, 0.1) is 0 Å². The number of H-pyrrole nitrogens is 1. The van der Waals surface area contributed by atoms with Crippen LogP contribution in [-0.4, -0.2) is 14.5 Å². The number of fused-ring (bicyclic) bond motifs is 1.